The lowest BCUT2D eigenvalue weighted by Gasteiger charge is -2.31. The van der Waals surface area contributed by atoms with Gasteiger partial charge in [-0.3, -0.25) is 0 Å². The minimum absolute atomic E-state index is 0.620. The normalized spacial score (nSPS) is 22.3. The second kappa shape index (κ2) is 7.66. The molecular weight excluding hydrogens is 232 g/mol. The molecule has 0 aromatic heterocycles. The maximum absolute atomic E-state index is 3.78. The second-order valence-electron chi connectivity index (χ2n) is 5.97. The van der Waals surface area contributed by atoms with Crippen molar-refractivity contribution in [3.8, 4) is 0 Å². The quantitative estimate of drug-likeness (QED) is 0.846. The van der Waals surface area contributed by atoms with Gasteiger partial charge in [-0.25, -0.2) is 0 Å². The molecular formula is C17H28N2. The molecule has 106 valence electrons. The fraction of sp³-hybridized carbons (Fsp3) is 0.647. The van der Waals surface area contributed by atoms with Crippen LogP contribution in [-0.4, -0.2) is 37.6 Å². The number of nitrogens with zero attached hydrogens (tertiary/aromatic N) is 1. The Morgan fingerprint density at radius 2 is 2.11 bits per heavy atom. The van der Waals surface area contributed by atoms with Gasteiger partial charge in [-0.05, 0) is 57.3 Å². The van der Waals surface area contributed by atoms with Gasteiger partial charge in [0.25, 0.3) is 0 Å². The van der Waals surface area contributed by atoms with Gasteiger partial charge in [0.15, 0.2) is 0 Å². The molecule has 1 heterocycles. The Morgan fingerprint density at radius 1 is 1.32 bits per heavy atom. The van der Waals surface area contributed by atoms with E-state index in [-0.39, 0.29) is 0 Å². The van der Waals surface area contributed by atoms with Gasteiger partial charge in [0.2, 0.25) is 0 Å². The molecule has 1 aromatic rings. The predicted octanol–water partition coefficient (Wildman–Crippen LogP) is 2.94. The third-order valence-electron chi connectivity index (χ3n) is 4.24. The number of rotatable bonds is 6. The summed E-state index contributed by atoms with van der Waals surface area (Å²) in [6.45, 7) is 6.00. The summed E-state index contributed by atoms with van der Waals surface area (Å²) >= 11 is 0. The van der Waals surface area contributed by atoms with Crippen LogP contribution >= 0.6 is 0 Å². The predicted molar refractivity (Wildman–Crippen MR) is 82.4 cm³/mol. The minimum Gasteiger partial charge on any atom is -0.313 e. The fourth-order valence-corrected chi connectivity index (χ4v) is 3.03. The van der Waals surface area contributed by atoms with Gasteiger partial charge in [-0.1, -0.05) is 37.3 Å². The van der Waals surface area contributed by atoms with Crippen LogP contribution in [0.5, 0.6) is 0 Å². The highest BCUT2D eigenvalue weighted by molar-refractivity contribution is 5.15. The summed E-state index contributed by atoms with van der Waals surface area (Å²) in [5, 5.41) is 3.78. The van der Waals surface area contributed by atoms with Crippen molar-refractivity contribution in [3.05, 3.63) is 35.9 Å². The van der Waals surface area contributed by atoms with Gasteiger partial charge in [-0.15, -0.1) is 0 Å². The Kier molecular flexibility index (Phi) is 5.87. The summed E-state index contributed by atoms with van der Waals surface area (Å²) in [5.41, 5.74) is 1.45. The van der Waals surface area contributed by atoms with E-state index in [1.54, 1.807) is 0 Å². The standard InChI is InChI=1S/C17H28N2/c1-3-17(12-15-8-5-4-6-9-15)18-13-16-10-7-11-19(2)14-16/h4-6,8-9,16-18H,3,7,10-14H2,1-2H3. The molecule has 2 atom stereocenters. The molecule has 0 bridgehead atoms. The van der Waals surface area contributed by atoms with Crippen LogP contribution in [-0.2, 0) is 6.42 Å². The van der Waals surface area contributed by atoms with Crippen molar-refractivity contribution in [1.29, 1.82) is 0 Å². The average molecular weight is 260 g/mol. The molecule has 0 spiro atoms. The van der Waals surface area contributed by atoms with Crippen LogP contribution in [0.4, 0.5) is 0 Å². The van der Waals surface area contributed by atoms with Crippen molar-refractivity contribution in [2.75, 3.05) is 26.7 Å². The van der Waals surface area contributed by atoms with Gasteiger partial charge < -0.3 is 10.2 Å². The van der Waals surface area contributed by atoms with E-state index in [1.807, 2.05) is 0 Å². The molecule has 2 nitrogen and oxygen atoms in total. The lowest BCUT2D eigenvalue weighted by atomic mass is 9.97. The van der Waals surface area contributed by atoms with Crippen LogP contribution in [0.15, 0.2) is 30.3 Å². The monoisotopic (exact) mass is 260 g/mol. The number of hydrogen-bond donors (Lipinski definition) is 1. The number of hydrogen-bond acceptors (Lipinski definition) is 2. The van der Waals surface area contributed by atoms with Gasteiger partial charge in [-0.2, -0.15) is 0 Å². The Morgan fingerprint density at radius 3 is 2.79 bits per heavy atom. The molecule has 1 aromatic carbocycles. The molecule has 2 rings (SSSR count). The van der Waals surface area contributed by atoms with E-state index < -0.39 is 0 Å². The van der Waals surface area contributed by atoms with E-state index in [1.165, 1.54) is 44.5 Å². The van der Waals surface area contributed by atoms with Gasteiger partial charge >= 0.3 is 0 Å². The SMILES string of the molecule is CCC(Cc1ccccc1)NCC1CCCN(C)C1. The minimum atomic E-state index is 0.620. The molecule has 1 aliphatic heterocycles. The van der Waals surface area contributed by atoms with Crippen LogP contribution < -0.4 is 5.32 Å². The van der Waals surface area contributed by atoms with Gasteiger partial charge in [0, 0.05) is 12.6 Å². The summed E-state index contributed by atoms with van der Waals surface area (Å²) < 4.78 is 0. The molecule has 1 aliphatic rings. The highest BCUT2D eigenvalue weighted by atomic mass is 15.1. The van der Waals surface area contributed by atoms with Crippen molar-refractivity contribution in [3.63, 3.8) is 0 Å². The van der Waals surface area contributed by atoms with Crippen molar-refractivity contribution in [2.45, 2.75) is 38.6 Å². The number of nitrogens with one attached hydrogen (secondary N) is 1. The highest BCUT2D eigenvalue weighted by Crippen LogP contribution is 2.15. The molecule has 1 saturated heterocycles. The molecule has 0 saturated carbocycles. The first-order valence-electron chi connectivity index (χ1n) is 7.73. The maximum Gasteiger partial charge on any atom is 0.0105 e. The van der Waals surface area contributed by atoms with Crippen LogP contribution in [0, 0.1) is 5.92 Å². The summed E-state index contributed by atoms with van der Waals surface area (Å²) in [6.07, 6.45) is 5.11. The Bertz CT molecular complexity index is 350. The van der Waals surface area contributed by atoms with E-state index in [9.17, 15) is 0 Å². The zero-order chi connectivity index (χ0) is 13.5. The van der Waals surface area contributed by atoms with Crippen LogP contribution in [0.1, 0.15) is 31.7 Å². The van der Waals surface area contributed by atoms with Crippen molar-refractivity contribution in [2.24, 2.45) is 5.92 Å². The Hall–Kier alpha value is -0.860. The van der Waals surface area contributed by atoms with E-state index in [0.717, 1.165) is 12.3 Å². The van der Waals surface area contributed by atoms with Crippen molar-refractivity contribution < 1.29 is 0 Å². The third kappa shape index (κ3) is 4.96. The number of piperidine rings is 1. The van der Waals surface area contributed by atoms with Crippen molar-refractivity contribution >= 4 is 0 Å². The molecule has 0 radical (unpaired) electrons. The Balaban J connectivity index is 1.76. The average Bonchev–Trinajstić information content (AvgIpc) is 2.44. The zero-order valence-electron chi connectivity index (χ0n) is 12.4. The van der Waals surface area contributed by atoms with Crippen LogP contribution in [0.25, 0.3) is 0 Å². The molecule has 2 heteroatoms. The van der Waals surface area contributed by atoms with Crippen molar-refractivity contribution in [1.82, 2.24) is 10.2 Å². The third-order valence-corrected chi connectivity index (χ3v) is 4.24. The summed E-state index contributed by atoms with van der Waals surface area (Å²) in [7, 11) is 2.24. The molecule has 1 N–H and O–H groups in total. The number of benzene rings is 1. The first-order valence-corrected chi connectivity index (χ1v) is 7.73. The fourth-order valence-electron chi connectivity index (χ4n) is 3.03. The maximum atomic E-state index is 3.78. The first kappa shape index (κ1) is 14.5. The van der Waals surface area contributed by atoms with Gasteiger partial charge in [0.05, 0.1) is 0 Å². The second-order valence-corrected chi connectivity index (χ2v) is 5.97. The zero-order valence-corrected chi connectivity index (χ0v) is 12.4. The lowest BCUT2D eigenvalue weighted by molar-refractivity contribution is 0.202. The molecule has 0 aliphatic carbocycles. The lowest BCUT2D eigenvalue weighted by Crippen LogP contribution is -2.41. The molecule has 1 fully saturated rings. The summed E-state index contributed by atoms with van der Waals surface area (Å²) in [6, 6.07) is 11.5. The van der Waals surface area contributed by atoms with Crippen LogP contribution in [0.3, 0.4) is 0 Å². The summed E-state index contributed by atoms with van der Waals surface area (Å²) in [5.74, 6) is 0.837. The van der Waals surface area contributed by atoms with Gasteiger partial charge in [0.1, 0.15) is 0 Å². The first-order chi connectivity index (χ1) is 9.28. The van der Waals surface area contributed by atoms with E-state index in [0.29, 0.717) is 6.04 Å². The molecule has 19 heavy (non-hydrogen) atoms. The topological polar surface area (TPSA) is 15.3 Å². The van der Waals surface area contributed by atoms with E-state index >= 15 is 0 Å². The highest BCUT2D eigenvalue weighted by Gasteiger charge is 2.18. The van der Waals surface area contributed by atoms with Crippen LogP contribution in [0.2, 0.25) is 0 Å². The molecule has 2 unspecified atom stereocenters. The Labute approximate surface area is 118 Å². The van der Waals surface area contributed by atoms with E-state index in [4.69, 9.17) is 0 Å². The summed E-state index contributed by atoms with van der Waals surface area (Å²) in [4.78, 5) is 2.47. The smallest absolute Gasteiger partial charge is 0.0105 e. The largest absolute Gasteiger partial charge is 0.313 e. The number of likely N-dealkylation sites (tertiary alicyclic amines) is 1. The molecule has 0 amide bonds. The van der Waals surface area contributed by atoms with E-state index in [2.05, 4.69) is 54.5 Å².